The van der Waals surface area contributed by atoms with Crippen molar-refractivity contribution in [3.63, 3.8) is 0 Å². The van der Waals surface area contributed by atoms with E-state index in [1.165, 1.54) is 18.9 Å². The van der Waals surface area contributed by atoms with Crippen molar-refractivity contribution in [2.45, 2.75) is 19.8 Å². The van der Waals surface area contributed by atoms with Crippen LogP contribution in [-0.4, -0.2) is 42.2 Å². The van der Waals surface area contributed by atoms with E-state index >= 15 is 0 Å². The molecule has 18 heavy (non-hydrogen) atoms. The SMILES string of the molecule is CCN1CCC(CNc2ccc(C(=O)O)o2)CC1. The van der Waals surface area contributed by atoms with Crippen LogP contribution < -0.4 is 5.32 Å². The van der Waals surface area contributed by atoms with E-state index in [1.807, 2.05) is 0 Å². The molecule has 100 valence electrons. The molecular formula is C13H20N2O3. The van der Waals surface area contributed by atoms with Crippen LogP contribution in [-0.2, 0) is 0 Å². The fourth-order valence-corrected chi connectivity index (χ4v) is 2.30. The van der Waals surface area contributed by atoms with Gasteiger partial charge in [0.25, 0.3) is 0 Å². The van der Waals surface area contributed by atoms with Gasteiger partial charge in [-0.05, 0) is 44.5 Å². The number of hydrogen-bond donors (Lipinski definition) is 2. The number of carboxylic acid groups (broad SMARTS) is 1. The number of carboxylic acids is 1. The van der Waals surface area contributed by atoms with Crippen LogP contribution in [0, 0.1) is 5.92 Å². The summed E-state index contributed by atoms with van der Waals surface area (Å²) in [5.74, 6) is 0.147. The van der Waals surface area contributed by atoms with Crippen molar-refractivity contribution in [1.29, 1.82) is 0 Å². The summed E-state index contributed by atoms with van der Waals surface area (Å²) < 4.78 is 5.16. The van der Waals surface area contributed by atoms with Crippen molar-refractivity contribution in [2.24, 2.45) is 5.92 Å². The first kappa shape index (κ1) is 13.0. The zero-order valence-electron chi connectivity index (χ0n) is 10.7. The fourth-order valence-electron chi connectivity index (χ4n) is 2.30. The molecule has 2 heterocycles. The molecule has 0 amide bonds. The predicted octanol–water partition coefficient (Wildman–Crippen LogP) is 2.12. The summed E-state index contributed by atoms with van der Waals surface area (Å²) in [5.41, 5.74) is 0. The number of likely N-dealkylation sites (tertiary alicyclic amines) is 1. The Labute approximate surface area is 107 Å². The average Bonchev–Trinajstić information content (AvgIpc) is 2.86. The summed E-state index contributed by atoms with van der Waals surface area (Å²) in [4.78, 5) is 13.1. The molecular weight excluding hydrogens is 232 g/mol. The number of piperidine rings is 1. The number of aromatic carboxylic acids is 1. The molecule has 1 saturated heterocycles. The molecule has 1 aliphatic rings. The minimum Gasteiger partial charge on any atom is -0.475 e. The molecule has 0 atom stereocenters. The third-order valence-corrected chi connectivity index (χ3v) is 3.54. The highest BCUT2D eigenvalue weighted by atomic mass is 16.4. The lowest BCUT2D eigenvalue weighted by atomic mass is 9.97. The van der Waals surface area contributed by atoms with Crippen LogP contribution in [0.25, 0.3) is 0 Å². The number of furan rings is 1. The van der Waals surface area contributed by atoms with Crippen LogP contribution in [0.5, 0.6) is 0 Å². The standard InChI is InChI=1S/C13H20N2O3/c1-2-15-7-5-10(6-8-15)9-14-12-4-3-11(18-12)13(16)17/h3-4,10,14H,2,5-9H2,1H3,(H,16,17). The van der Waals surface area contributed by atoms with E-state index in [9.17, 15) is 4.79 Å². The Hall–Kier alpha value is -1.49. The van der Waals surface area contributed by atoms with Crippen molar-refractivity contribution in [3.05, 3.63) is 17.9 Å². The minimum absolute atomic E-state index is 0.0155. The van der Waals surface area contributed by atoms with Crippen LogP contribution in [0.4, 0.5) is 5.88 Å². The minimum atomic E-state index is -1.03. The van der Waals surface area contributed by atoms with Crippen LogP contribution in [0.15, 0.2) is 16.5 Å². The van der Waals surface area contributed by atoms with E-state index in [0.29, 0.717) is 11.8 Å². The first-order valence-corrected chi connectivity index (χ1v) is 6.48. The topological polar surface area (TPSA) is 65.7 Å². The molecule has 0 aromatic carbocycles. The second kappa shape index (κ2) is 5.91. The van der Waals surface area contributed by atoms with Crippen molar-refractivity contribution >= 4 is 11.9 Å². The summed E-state index contributed by atoms with van der Waals surface area (Å²) in [5, 5.41) is 11.9. The highest BCUT2D eigenvalue weighted by molar-refractivity contribution is 5.84. The molecule has 0 bridgehead atoms. The van der Waals surface area contributed by atoms with Crippen molar-refractivity contribution in [1.82, 2.24) is 4.90 Å². The van der Waals surface area contributed by atoms with E-state index in [2.05, 4.69) is 17.1 Å². The van der Waals surface area contributed by atoms with Gasteiger partial charge < -0.3 is 19.7 Å². The Kier molecular flexibility index (Phi) is 4.25. The largest absolute Gasteiger partial charge is 0.475 e. The Morgan fingerprint density at radius 1 is 1.50 bits per heavy atom. The second-order valence-corrected chi connectivity index (χ2v) is 4.73. The molecule has 5 heteroatoms. The maximum absolute atomic E-state index is 10.7. The highest BCUT2D eigenvalue weighted by Crippen LogP contribution is 2.19. The van der Waals surface area contributed by atoms with Crippen LogP contribution in [0.3, 0.4) is 0 Å². The molecule has 1 fully saturated rings. The Balaban J connectivity index is 1.76. The number of nitrogens with one attached hydrogen (secondary N) is 1. The van der Waals surface area contributed by atoms with Crippen LogP contribution in [0.2, 0.25) is 0 Å². The normalized spacial score (nSPS) is 17.8. The van der Waals surface area contributed by atoms with Gasteiger partial charge >= 0.3 is 5.97 Å². The van der Waals surface area contributed by atoms with Gasteiger partial charge in [0.15, 0.2) is 5.88 Å². The smallest absolute Gasteiger partial charge is 0.371 e. The summed E-state index contributed by atoms with van der Waals surface area (Å²) in [6.07, 6.45) is 2.38. The van der Waals surface area contributed by atoms with Gasteiger partial charge in [0, 0.05) is 12.6 Å². The summed E-state index contributed by atoms with van der Waals surface area (Å²) in [7, 11) is 0. The monoisotopic (exact) mass is 252 g/mol. The van der Waals surface area contributed by atoms with Gasteiger partial charge in [-0.1, -0.05) is 6.92 Å². The quantitative estimate of drug-likeness (QED) is 0.840. The molecule has 0 saturated carbocycles. The lowest BCUT2D eigenvalue weighted by molar-refractivity contribution is 0.0663. The van der Waals surface area contributed by atoms with Gasteiger partial charge in [0.2, 0.25) is 5.76 Å². The van der Waals surface area contributed by atoms with Gasteiger partial charge in [-0.2, -0.15) is 0 Å². The number of carbonyl (C=O) groups is 1. The average molecular weight is 252 g/mol. The molecule has 0 unspecified atom stereocenters. The van der Waals surface area contributed by atoms with E-state index < -0.39 is 5.97 Å². The summed E-state index contributed by atoms with van der Waals surface area (Å²) >= 11 is 0. The number of rotatable bonds is 5. The summed E-state index contributed by atoms with van der Waals surface area (Å²) in [6.45, 7) is 6.47. The van der Waals surface area contributed by atoms with Gasteiger partial charge in [-0.15, -0.1) is 0 Å². The molecule has 2 rings (SSSR count). The van der Waals surface area contributed by atoms with E-state index in [4.69, 9.17) is 9.52 Å². The molecule has 0 spiro atoms. The molecule has 2 N–H and O–H groups in total. The Morgan fingerprint density at radius 3 is 2.78 bits per heavy atom. The third-order valence-electron chi connectivity index (χ3n) is 3.54. The molecule has 1 aromatic heterocycles. The van der Waals surface area contributed by atoms with Gasteiger partial charge in [-0.3, -0.25) is 0 Å². The first-order valence-electron chi connectivity index (χ1n) is 6.48. The Morgan fingerprint density at radius 2 is 2.22 bits per heavy atom. The second-order valence-electron chi connectivity index (χ2n) is 4.73. The van der Waals surface area contributed by atoms with Crippen molar-refractivity contribution < 1.29 is 14.3 Å². The molecule has 0 aliphatic carbocycles. The molecule has 1 aromatic rings. The van der Waals surface area contributed by atoms with E-state index in [-0.39, 0.29) is 5.76 Å². The number of nitrogens with zero attached hydrogens (tertiary/aromatic N) is 1. The van der Waals surface area contributed by atoms with E-state index in [0.717, 1.165) is 26.2 Å². The zero-order chi connectivity index (χ0) is 13.0. The zero-order valence-corrected chi connectivity index (χ0v) is 10.7. The molecule has 5 nitrogen and oxygen atoms in total. The van der Waals surface area contributed by atoms with Crippen LogP contribution >= 0.6 is 0 Å². The molecule has 1 aliphatic heterocycles. The van der Waals surface area contributed by atoms with Gasteiger partial charge in [0.1, 0.15) is 0 Å². The lowest BCUT2D eigenvalue weighted by Crippen LogP contribution is -2.35. The van der Waals surface area contributed by atoms with Gasteiger partial charge in [0.05, 0.1) is 0 Å². The number of hydrogen-bond acceptors (Lipinski definition) is 4. The fraction of sp³-hybridized carbons (Fsp3) is 0.615. The Bertz CT molecular complexity index is 395. The van der Waals surface area contributed by atoms with Crippen molar-refractivity contribution in [3.8, 4) is 0 Å². The van der Waals surface area contributed by atoms with E-state index in [1.54, 1.807) is 6.07 Å². The maximum Gasteiger partial charge on any atom is 0.371 e. The highest BCUT2D eigenvalue weighted by Gasteiger charge is 2.18. The third kappa shape index (κ3) is 3.26. The number of anilines is 1. The predicted molar refractivity (Wildman–Crippen MR) is 69.0 cm³/mol. The summed E-state index contributed by atoms with van der Waals surface area (Å²) in [6, 6.07) is 3.15. The molecule has 0 radical (unpaired) electrons. The maximum atomic E-state index is 10.7. The van der Waals surface area contributed by atoms with Crippen molar-refractivity contribution in [2.75, 3.05) is 31.5 Å². The lowest BCUT2D eigenvalue weighted by Gasteiger charge is -2.30. The van der Waals surface area contributed by atoms with Crippen LogP contribution in [0.1, 0.15) is 30.3 Å². The van der Waals surface area contributed by atoms with Gasteiger partial charge in [-0.25, -0.2) is 4.79 Å². The first-order chi connectivity index (χ1) is 8.69.